The summed E-state index contributed by atoms with van der Waals surface area (Å²) in [5.41, 5.74) is 2.70. The molecule has 3 heteroatoms. The van der Waals surface area contributed by atoms with Crippen LogP contribution >= 0.6 is 0 Å². The topological polar surface area (TPSA) is 49.3 Å². The van der Waals surface area contributed by atoms with E-state index in [0.717, 1.165) is 16.8 Å². The molecule has 0 spiro atoms. The van der Waals surface area contributed by atoms with E-state index in [0.29, 0.717) is 11.8 Å². The summed E-state index contributed by atoms with van der Waals surface area (Å²) in [5.74, 6) is 7.17. The number of anilines is 1. The van der Waals surface area contributed by atoms with Crippen molar-refractivity contribution in [2.45, 2.75) is 32.6 Å². The van der Waals surface area contributed by atoms with Crippen LogP contribution in [0, 0.1) is 36.5 Å². The smallest absolute Gasteiger partial charge is 0.228 e. The van der Waals surface area contributed by atoms with Crippen molar-refractivity contribution in [1.29, 1.82) is 0 Å². The van der Waals surface area contributed by atoms with Crippen LogP contribution in [0.15, 0.2) is 18.2 Å². The lowest BCUT2D eigenvalue weighted by Crippen LogP contribution is -2.15. The Kier molecular flexibility index (Phi) is 3.98. The number of amides is 1. The highest BCUT2D eigenvalue weighted by Gasteiger charge is 2.54. The summed E-state index contributed by atoms with van der Waals surface area (Å²) in [4.78, 5) is 12.4. The van der Waals surface area contributed by atoms with Crippen molar-refractivity contribution in [3.05, 3.63) is 29.3 Å². The molecule has 110 valence electrons. The lowest BCUT2D eigenvalue weighted by atomic mass is 10.0. The molecule has 3 rings (SSSR count). The zero-order chi connectivity index (χ0) is 14.8. The van der Waals surface area contributed by atoms with Gasteiger partial charge in [0.05, 0.1) is 0 Å². The lowest BCUT2D eigenvalue weighted by Gasteiger charge is -2.07. The molecule has 1 aromatic carbocycles. The molecule has 2 aliphatic rings. The lowest BCUT2D eigenvalue weighted by molar-refractivity contribution is -0.117. The molecular weight excluding hydrogens is 262 g/mol. The second-order valence-electron chi connectivity index (χ2n) is 6.17. The number of hydrogen-bond donors (Lipinski definition) is 2. The van der Waals surface area contributed by atoms with E-state index in [9.17, 15) is 4.79 Å². The summed E-state index contributed by atoms with van der Waals surface area (Å²) in [5, 5.41) is 11.8. The van der Waals surface area contributed by atoms with Crippen LogP contribution in [0.3, 0.4) is 0 Å². The van der Waals surface area contributed by atoms with E-state index in [1.54, 1.807) is 0 Å². The Morgan fingerprint density at radius 3 is 2.67 bits per heavy atom. The van der Waals surface area contributed by atoms with Gasteiger partial charge in [0.15, 0.2) is 0 Å². The fraction of sp³-hybridized carbons (Fsp3) is 0.500. The van der Waals surface area contributed by atoms with Crippen LogP contribution in [-0.2, 0) is 4.79 Å². The first-order chi connectivity index (χ1) is 10.2. The summed E-state index contributed by atoms with van der Waals surface area (Å²) in [7, 11) is 0. The summed E-state index contributed by atoms with van der Waals surface area (Å²) in [6, 6.07) is 5.79. The van der Waals surface area contributed by atoms with Gasteiger partial charge < -0.3 is 10.4 Å². The minimum absolute atomic E-state index is 0.152. The van der Waals surface area contributed by atoms with Gasteiger partial charge in [-0.2, -0.15) is 0 Å². The predicted molar refractivity (Wildman–Crippen MR) is 82.7 cm³/mol. The predicted octanol–water partition coefficient (Wildman–Crippen LogP) is 2.71. The van der Waals surface area contributed by atoms with E-state index < -0.39 is 0 Å². The molecular formula is C18H21NO2. The molecule has 0 radical (unpaired) electrons. The van der Waals surface area contributed by atoms with Crippen LogP contribution in [0.2, 0.25) is 0 Å². The Morgan fingerprint density at radius 1 is 1.29 bits per heavy atom. The Morgan fingerprint density at radius 2 is 2.00 bits per heavy atom. The minimum Gasteiger partial charge on any atom is -0.384 e. The molecule has 2 saturated carbocycles. The van der Waals surface area contributed by atoms with Gasteiger partial charge in [-0.15, -0.1) is 0 Å². The molecule has 1 amide bonds. The number of aliphatic hydroxyl groups excluding tert-OH is 1. The van der Waals surface area contributed by atoms with Crippen molar-refractivity contribution in [3.8, 4) is 11.8 Å². The van der Waals surface area contributed by atoms with Crippen LogP contribution in [0.5, 0.6) is 0 Å². The van der Waals surface area contributed by atoms with Crippen molar-refractivity contribution < 1.29 is 9.90 Å². The van der Waals surface area contributed by atoms with Gasteiger partial charge in [0, 0.05) is 17.2 Å². The standard InChI is InChI=1S/C18H21NO2/c1-12-9-13(5-4-8-20)11-14(10-12)19-18(21)17-15-6-2-3-7-16(15)17/h9-11,15-17,20H,2-3,6-8H2,1H3,(H,19,21). The van der Waals surface area contributed by atoms with E-state index in [4.69, 9.17) is 5.11 Å². The molecule has 3 nitrogen and oxygen atoms in total. The second-order valence-corrected chi connectivity index (χ2v) is 6.17. The third kappa shape index (κ3) is 3.11. The van der Waals surface area contributed by atoms with Crippen molar-refractivity contribution in [1.82, 2.24) is 0 Å². The second kappa shape index (κ2) is 5.91. The number of rotatable bonds is 2. The monoisotopic (exact) mass is 283 g/mol. The fourth-order valence-corrected chi connectivity index (χ4v) is 3.68. The summed E-state index contributed by atoms with van der Waals surface area (Å²) in [6.45, 7) is 1.83. The number of aliphatic hydroxyl groups is 1. The van der Waals surface area contributed by atoms with Gasteiger partial charge >= 0.3 is 0 Å². The number of aryl methyl sites for hydroxylation is 1. The van der Waals surface area contributed by atoms with Crippen LogP contribution in [0.4, 0.5) is 5.69 Å². The van der Waals surface area contributed by atoms with Gasteiger partial charge in [-0.25, -0.2) is 0 Å². The van der Waals surface area contributed by atoms with E-state index in [1.165, 1.54) is 25.7 Å². The Hall–Kier alpha value is -1.79. The average Bonchev–Trinajstić information content (AvgIpc) is 3.19. The van der Waals surface area contributed by atoms with Crippen LogP contribution in [0.25, 0.3) is 0 Å². The molecule has 0 heterocycles. The molecule has 2 N–H and O–H groups in total. The molecule has 0 aliphatic heterocycles. The summed E-state index contributed by atoms with van der Waals surface area (Å²) in [6.07, 6.45) is 4.97. The number of nitrogens with one attached hydrogen (secondary N) is 1. The Balaban J connectivity index is 1.70. The summed E-state index contributed by atoms with van der Waals surface area (Å²) < 4.78 is 0. The highest BCUT2D eigenvalue weighted by Crippen LogP contribution is 2.55. The minimum atomic E-state index is -0.152. The first-order valence-corrected chi connectivity index (χ1v) is 7.71. The van der Waals surface area contributed by atoms with Gasteiger partial charge in [-0.1, -0.05) is 24.7 Å². The van der Waals surface area contributed by atoms with Crippen molar-refractivity contribution >= 4 is 11.6 Å². The number of fused-ring (bicyclic) bond motifs is 1. The van der Waals surface area contributed by atoms with Crippen LogP contribution < -0.4 is 5.32 Å². The van der Waals surface area contributed by atoms with E-state index >= 15 is 0 Å². The zero-order valence-electron chi connectivity index (χ0n) is 12.4. The number of benzene rings is 1. The van der Waals surface area contributed by atoms with Gasteiger partial charge in [-0.3, -0.25) is 4.79 Å². The highest BCUT2D eigenvalue weighted by atomic mass is 16.2. The van der Waals surface area contributed by atoms with Crippen LogP contribution in [0.1, 0.15) is 36.8 Å². The van der Waals surface area contributed by atoms with E-state index in [2.05, 4.69) is 17.2 Å². The maximum atomic E-state index is 12.4. The maximum Gasteiger partial charge on any atom is 0.228 e. The first-order valence-electron chi connectivity index (χ1n) is 7.71. The van der Waals surface area contributed by atoms with Gasteiger partial charge in [0.2, 0.25) is 5.91 Å². The molecule has 0 saturated heterocycles. The highest BCUT2D eigenvalue weighted by molar-refractivity contribution is 5.95. The molecule has 2 atom stereocenters. The third-order valence-electron chi connectivity index (χ3n) is 4.62. The molecule has 21 heavy (non-hydrogen) atoms. The van der Waals surface area contributed by atoms with Gasteiger partial charge in [0.1, 0.15) is 6.61 Å². The van der Waals surface area contributed by atoms with Crippen molar-refractivity contribution in [2.24, 2.45) is 17.8 Å². The molecule has 0 aromatic heterocycles. The molecule has 1 aromatic rings. The largest absolute Gasteiger partial charge is 0.384 e. The first kappa shape index (κ1) is 14.2. The van der Waals surface area contributed by atoms with E-state index in [1.807, 2.05) is 25.1 Å². The molecule has 2 fully saturated rings. The maximum absolute atomic E-state index is 12.4. The quantitative estimate of drug-likeness (QED) is 0.820. The number of hydrogen-bond acceptors (Lipinski definition) is 2. The van der Waals surface area contributed by atoms with Crippen LogP contribution in [-0.4, -0.2) is 17.6 Å². The average molecular weight is 283 g/mol. The van der Waals surface area contributed by atoms with Gasteiger partial charge in [-0.05, 0) is 55.4 Å². The fourth-order valence-electron chi connectivity index (χ4n) is 3.68. The number of carbonyl (C=O) groups is 1. The normalized spacial score (nSPS) is 26.3. The van der Waals surface area contributed by atoms with E-state index in [-0.39, 0.29) is 18.4 Å². The summed E-state index contributed by atoms with van der Waals surface area (Å²) >= 11 is 0. The van der Waals surface area contributed by atoms with Gasteiger partial charge in [0.25, 0.3) is 0 Å². The number of carbonyl (C=O) groups excluding carboxylic acids is 1. The Labute approximate surface area is 125 Å². The van der Waals surface area contributed by atoms with Crippen molar-refractivity contribution in [2.75, 3.05) is 11.9 Å². The van der Waals surface area contributed by atoms with Crippen molar-refractivity contribution in [3.63, 3.8) is 0 Å². The molecule has 2 aliphatic carbocycles. The molecule has 2 unspecified atom stereocenters. The SMILES string of the molecule is Cc1cc(C#CCO)cc(NC(=O)C2C3CCCCC32)c1. The zero-order valence-corrected chi connectivity index (χ0v) is 12.4. The third-order valence-corrected chi connectivity index (χ3v) is 4.62. The Bertz CT molecular complexity index is 599. The molecule has 0 bridgehead atoms.